The number of benzene rings is 1. The first-order valence-corrected chi connectivity index (χ1v) is 7.07. The molecule has 1 aromatic carbocycles. The fourth-order valence-corrected chi connectivity index (χ4v) is 2.21. The lowest BCUT2D eigenvalue weighted by atomic mass is 9.85. The SMILES string of the molecule is Cc1ccc(Oc2ncccc2Br)c(C(C)(C)C)c1. The highest BCUT2D eigenvalue weighted by molar-refractivity contribution is 9.10. The van der Waals surface area contributed by atoms with Gasteiger partial charge < -0.3 is 4.74 Å². The topological polar surface area (TPSA) is 22.1 Å². The Morgan fingerprint density at radius 2 is 1.89 bits per heavy atom. The maximum Gasteiger partial charge on any atom is 0.233 e. The summed E-state index contributed by atoms with van der Waals surface area (Å²) in [6.07, 6.45) is 1.73. The largest absolute Gasteiger partial charge is 0.438 e. The van der Waals surface area contributed by atoms with E-state index < -0.39 is 0 Å². The maximum absolute atomic E-state index is 5.96. The molecular formula is C16H18BrNO. The van der Waals surface area contributed by atoms with Crippen molar-refractivity contribution in [3.8, 4) is 11.6 Å². The molecule has 100 valence electrons. The molecule has 0 unspecified atom stereocenters. The highest BCUT2D eigenvalue weighted by Gasteiger charge is 2.20. The summed E-state index contributed by atoms with van der Waals surface area (Å²) in [7, 11) is 0. The summed E-state index contributed by atoms with van der Waals surface area (Å²) < 4.78 is 6.82. The first kappa shape index (κ1) is 14.1. The molecule has 0 saturated heterocycles. The van der Waals surface area contributed by atoms with Crippen molar-refractivity contribution in [2.24, 2.45) is 0 Å². The van der Waals surface area contributed by atoms with E-state index in [4.69, 9.17) is 4.74 Å². The average molecular weight is 320 g/mol. The highest BCUT2D eigenvalue weighted by atomic mass is 79.9. The number of aromatic nitrogens is 1. The van der Waals surface area contributed by atoms with Gasteiger partial charge in [0.15, 0.2) is 0 Å². The lowest BCUT2D eigenvalue weighted by Crippen LogP contribution is -2.13. The molecule has 0 aliphatic carbocycles. The number of hydrogen-bond acceptors (Lipinski definition) is 2. The van der Waals surface area contributed by atoms with Crippen LogP contribution in [0.2, 0.25) is 0 Å². The van der Waals surface area contributed by atoms with E-state index in [-0.39, 0.29) is 5.41 Å². The second-order valence-electron chi connectivity index (χ2n) is 5.64. The summed E-state index contributed by atoms with van der Waals surface area (Å²) in [5.41, 5.74) is 2.45. The molecule has 0 radical (unpaired) electrons. The van der Waals surface area contributed by atoms with Gasteiger partial charge in [-0.15, -0.1) is 0 Å². The molecule has 0 atom stereocenters. The third-order valence-electron chi connectivity index (χ3n) is 2.87. The number of ether oxygens (including phenoxy) is 1. The second-order valence-corrected chi connectivity index (χ2v) is 6.50. The van der Waals surface area contributed by atoms with Crippen LogP contribution in [-0.4, -0.2) is 4.98 Å². The molecule has 0 amide bonds. The second kappa shape index (κ2) is 5.33. The summed E-state index contributed by atoms with van der Waals surface area (Å²) in [5, 5.41) is 0. The molecule has 2 nitrogen and oxygen atoms in total. The lowest BCUT2D eigenvalue weighted by molar-refractivity contribution is 0.437. The van der Waals surface area contributed by atoms with Crippen LogP contribution in [0.15, 0.2) is 41.0 Å². The normalized spacial score (nSPS) is 11.4. The van der Waals surface area contributed by atoms with Gasteiger partial charge in [-0.05, 0) is 46.5 Å². The summed E-state index contributed by atoms with van der Waals surface area (Å²) in [5.74, 6) is 1.45. The molecule has 0 aliphatic heterocycles. The van der Waals surface area contributed by atoms with Gasteiger partial charge in [0.2, 0.25) is 5.88 Å². The quantitative estimate of drug-likeness (QED) is 0.754. The third-order valence-corrected chi connectivity index (χ3v) is 3.48. The van der Waals surface area contributed by atoms with E-state index >= 15 is 0 Å². The van der Waals surface area contributed by atoms with Crippen LogP contribution in [0.4, 0.5) is 0 Å². The Morgan fingerprint density at radius 3 is 2.53 bits per heavy atom. The van der Waals surface area contributed by atoms with Crippen LogP contribution >= 0.6 is 15.9 Å². The number of halogens is 1. The molecule has 2 aromatic rings. The molecule has 0 bridgehead atoms. The molecule has 0 saturated carbocycles. The maximum atomic E-state index is 5.96. The Balaban J connectivity index is 2.44. The van der Waals surface area contributed by atoms with Crippen molar-refractivity contribution in [2.45, 2.75) is 33.1 Å². The smallest absolute Gasteiger partial charge is 0.233 e. The van der Waals surface area contributed by atoms with Gasteiger partial charge in [0.25, 0.3) is 0 Å². The van der Waals surface area contributed by atoms with Crippen molar-refractivity contribution in [3.63, 3.8) is 0 Å². The third kappa shape index (κ3) is 3.35. The number of pyridine rings is 1. The van der Waals surface area contributed by atoms with Gasteiger partial charge in [0.05, 0.1) is 4.47 Å². The molecule has 0 aliphatic rings. The minimum atomic E-state index is 0.0304. The standard InChI is InChI=1S/C16H18BrNO/c1-11-7-8-14(12(10-11)16(2,3)4)19-15-13(17)6-5-9-18-15/h5-10H,1-4H3. The minimum absolute atomic E-state index is 0.0304. The van der Waals surface area contributed by atoms with Crippen LogP contribution in [0.3, 0.4) is 0 Å². The molecule has 0 N–H and O–H groups in total. The van der Waals surface area contributed by atoms with Gasteiger partial charge in [-0.2, -0.15) is 0 Å². The Kier molecular flexibility index (Phi) is 3.95. The average Bonchev–Trinajstić information content (AvgIpc) is 2.33. The minimum Gasteiger partial charge on any atom is -0.438 e. The van der Waals surface area contributed by atoms with Gasteiger partial charge in [0, 0.05) is 11.8 Å². The number of hydrogen-bond donors (Lipinski definition) is 0. The Labute approximate surface area is 123 Å². The zero-order valence-corrected chi connectivity index (χ0v) is 13.3. The summed E-state index contributed by atoms with van der Waals surface area (Å²) >= 11 is 3.46. The zero-order chi connectivity index (χ0) is 14.0. The van der Waals surface area contributed by atoms with Gasteiger partial charge in [-0.1, -0.05) is 38.5 Å². The van der Waals surface area contributed by atoms with Gasteiger partial charge >= 0.3 is 0 Å². The van der Waals surface area contributed by atoms with Crippen LogP contribution in [0.25, 0.3) is 0 Å². The van der Waals surface area contributed by atoms with E-state index in [2.05, 4.69) is 60.7 Å². The van der Waals surface area contributed by atoms with Crippen LogP contribution in [0.1, 0.15) is 31.9 Å². The number of rotatable bonds is 2. The van der Waals surface area contributed by atoms with E-state index in [0.717, 1.165) is 10.2 Å². The molecule has 3 heteroatoms. The first-order chi connectivity index (χ1) is 8.88. The van der Waals surface area contributed by atoms with Crippen molar-refractivity contribution in [2.75, 3.05) is 0 Å². The fraction of sp³-hybridized carbons (Fsp3) is 0.312. The van der Waals surface area contributed by atoms with Crippen LogP contribution in [-0.2, 0) is 5.41 Å². The van der Waals surface area contributed by atoms with E-state index in [0.29, 0.717) is 5.88 Å². The Morgan fingerprint density at radius 1 is 1.16 bits per heavy atom. The van der Waals surface area contributed by atoms with Crippen LogP contribution < -0.4 is 4.74 Å². The van der Waals surface area contributed by atoms with Crippen molar-refractivity contribution in [1.82, 2.24) is 4.98 Å². The van der Waals surface area contributed by atoms with E-state index in [1.165, 1.54) is 11.1 Å². The first-order valence-electron chi connectivity index (χ1n) is 6.27. The predicted octanol–water partition coefficient (Wildman–Crippen LogP) is 5.24. The van der Waals surface area contributed by atoms with Crippen molar-refractivity contribution < 1.29 is 4.74 Å². The van der Waals surface area contributed by atoms with Crippen molar-refractivity contribution in [1.29, 1.82) is 0 Å². The number of nitrogens with zero attached hydrogens (tertiary/aromatic N) is 1. The van der Waals surface area contributed by atoms with Gasteiger partial charge in [-0.25, -0.2) is 4.98 Å². The van der Waals surface area contributed by atoms with Gasteiger partial charge in [-0.3, -0.25) is 0 Å². The van der Waals surface area contributed by atoms with E-state index in [1.807, 2.05) is 18.2 Å². The Bertz CT molecular complexity index is 588. The fourth-order valence-electron chi connectivity index (χ4n) is 1.87. The van der Waals surface area contributed by atoms with Crippen LogP contribution in [0.5, 0.6) is 11.6 Å². The number of aryl methyl sites for hydroxylation is 1. The van der Waals surface area contributed by atoms with Gasteiger partial charge in [0.1, 0.15) is 5.75 Å². The molecular weight excluding hydrogens is 302 g/mol. The molecule has 1 heterocycles. The molecule has 2 rings (SSSR count). The summed E-state index contributed by atoms with van der Waals surface area (Å²) in [6.45, 7) is 8.64. The predicted molar refractivity (Wildman–Crippen MR) is 81.9 cm³/mol. The van der Waals surface area contributed by atoms with Crippen LogP contribution in [0, 0.1) is 6.92 Å². The Hall–Kier alpha value is -1.35. The lowest BCUT2D eigenvalue weighted by Gasteiger charge is -2.23. The molecule has 19 heavy (non-hydrogen) atoms. The van der Waals surface area contributed by atoms with Crippen molar-refractivity contribution >= 4 is 15.9 Å². The van der Waals surface area contributed by atoms with E-state index in [9.17, 15) is 0 Å². The monoisotopic (exact) mass is 319 g/mol. The summed E-state index contributed by atoms with van der Waals surface area (Å²) in [6, 6.07) is 10.0. The van der Waals surface area contributed by atoms with Crippen molar-refractivity contribution in [3.05, 3.63) is 52.1 Å². The van der Waals surface area contributed by atoms with E-state index in [1.54, 1.807) is 6.20 Å². The summed E-state index contributed by atoms with van der Waals surface area (Å²) in [4.78, 5) is 4.25. The highest BCUT2D eigenvalue weighted by Crippen LogP contribution is 2.36. The molecule has 0 spiro atoms. The molecule has 0 fully saturated rings. The zero-order valence-electron chi connectivity index (χ0n) is 11.7. The molecule has 1 aromatic heterocycles.